The van der Waals surface area contributed by atoms with Gasteiger partial charge in [-0.25, -0.2) is 12.8 Å². The van der Waals surface area contributed by atoms with Crippen LogP contribution in [0.5, 0.6) is 0 Å². The highest BCUT2D eigenvalue weighted by atomic mass is 32.2. The Morgan fingerprint density at radius 2 is 1.62 bits per heavy atom. The third-order valence-corrected chi connectivity index (χ3v) is 5.31. The fraction of sp³-hybridized carbons (Fsp3) is 0.278. The average molecular weight is 349 g/mol. The Hall–Kier alpha value is -2.21. The van der Waals surface area contributed by atoms with Gasteiger partial charge in [-0.15, -0.1) is 0 Å². The monoisotopic (exact) mass is 349 g/mol. The second-order valence-corrected chi connectivity index (χ2v) is 7.91. The number of amides is 1. The van der Waals surface area contributed by atoms with E-state index in [9.17, 15) is 17.6 Å². The van der Waals surface area contributed by atoms with Crippen molar-refractivity contribution in [2.45, 2.75) is 31.6 Å². The zero-order valence-electron chi connectivity index (χ0n) is 13.7. The summed E-state index contributed by atoms with van der Waals surface area (Å²) < 4.78 is 37.1. The number of hydrogen-bond donors (Lipinski definition) is 1. The van der Waals surface area contributed by atoms with Gasteiger partial charge in [-0.2, -0.15) is 0 Å². The van der Waals surface area contributed by atoms with Crippen LogP contribution in [0.25, 0.3) is 0 Å². The average Bonchev–Trinajstić information content (AvgIpc) is 2.46. The molecule has 0 bridgehead atoms. The molecule has 1 N–H and O–H groups in total. The maximum absolute atomic E-state index is 12.8. The van der Waals surface area contributed by atoms with Crippen molar-refractivity contribution >= 4 is 21.4 Å². The van der Waals surface area contributed by atoms with E-state index in [2.05, 4.69) is 5.32 Å². The van der Waals surface area contributed by atoms with Crippen LogP contribution in [-0.2, 0) is 14.6 Å². The minimum atomic E-state index is -3.51. The second kappa shape index (κ2) is 7.57. The van der Waals surface area contributed by atoms with E-state index in [1.807, 2.05) is 32.0 Å². The first-order chi connectivity index (χ1) is 11.3. The Morgan fingerprint density at radius 1 is 1.04 bits per heavy atom. The summed E-state index contributed by atoms with van der Waals surface area (Å²) in [6.07, 6.45) is 0.309. The van der Waals surface area contributed by atoms with Crippen LogP contribution < -0.4 is 5.32 Å². The first kappa shape index (κ1) is 18.1. The number of halogens is 1. The number of hydrogen-bond acceptors (Lipinski definition) is 3. The molecule has 0 aliphatic rings. The van der Waals surface area contributed by atoms with Crippen molar-refractivity contribution in [1.82, 2.24) is 0 Å². The van der Waals surface area contributed by atoms with Gasteiger partial charge in [0.05, 0.1) is 10.6 Å². The smallest absolute Gasteiger partial charge is 0.224 e. The van der Waals surface area contributed by atoms with Crippen LogP contribution in [0.15, 0.2) is 47.4 Å². The van der Waals surface area contributed by atoms with E-state index >= 15 is 0 Å². The van der Waals surface area contributed by atoms with Crippen LogP contribution in [0, 0.1) is 19.7 Å². The van der Waals surface area contributed by atoms with E-state index < -0.39 is 15.7 Å². The van der Waals surface area contributed by atoms with E-state index in [4.69, 9.17) is 0 Å². The zero-order chi connectivity index (χ0) is 17.7. The fourth-order valence-corrected chi connectivity index (χ4v) is 3.76. The maximum atomic E-state index is 12.8. The molecule has 0 fully saturated rings. The normalized spacial score (nSPS) is 11.3. The van der Waals surface area contributed by atoms with Gasteiger partial charge >= 0.3 is 0 Å². The van der Waals surface area contributed by atoms with Crippen LogP contribution in [0.1, 0.15) is 24.0 Å². The molecule has 4 nitrogen and oxygen atoms in total. The van der Waals surface area contributed by atoms with E-state index in [0.29, 0.717) is 5.69 Å². The van der Waals surface area contributed by atoms with Crippen molar-refractivity contribution in [3.05, 3.63) is 59.4 Å². The molecule has 2 aromatic rings. The number of sulfone groups is 1. The molecule has 0 radical (unpaired) electrons. The molecule has 1 amide bonds. The zero-order valence-corrected chi connectivity index (χ0v) is 14.5. The summed E-state index contributed by atoms with van der Waals surface area (Å²) in [6, 6.07) is 10.4. The van der Waals surface area contributed by atoms with Crippen LogP contribution in [0.3, 0.4) is 0 Å². The number of aryl methyl sites for hydroxylation is 2. The predicted molar refractivity (Wildman–Crippen MR) is 92.2 cm³/mol. The molecule has 0 aliphatic heterocycles. The first-order valence-corrected chi connectivity index (χ1v) is 9.28. The first-order valence-electron chi connectivity index (χ1n) is 7.63. The lowest BCUT2D eigenvalue weighted by Gasteiger charge is -2.08. The van der Waals surface area contributed by atoms with Gasteiger partial charge in [-0.3, -0.25) is 4.79 Å². The fourth-order valence-electron chi connectivity index (χ4n) is 2.45. The summed E-state index contributed by atoms with van der Waals surface area (Å²) >= 11 is 0. The predicted octanol–water partition coefficient (Wildman–Crippen LogP) is 3.64. The molecule has 6 heteroatoms. The molecule has 128 valence electrons. The SMILES string of the molecule is Cc1cc(C)cc(NC(=O)CCCS(=O)(=O)c2ccc(F)cc2)c1. The van der Waals surface area contributed by atoms with Crippen molar-refractivity contribution in [3.8, 4) is 0 Å². The highest BCUT2D eigenvalue weighted by Crippen LogP contribution is 2.16. The molecule has 0 atom stereocenters. The third-order valence-electron chi connectivity index (χ3n) is 3.50. The largest absolute Gasteiger partial charge is 0.326 e. The third kappa shape index (κ3) is 5.16. The number of carbonyl (C=O) groups excluding carboxylic acids is 1. The van der Waals surface area contributed by atoms with E-state index in [0.717, 1.165) is 23.3 Å². The van der Waals surface area contributed by atoms with Gasteiger partial charge in [0.2, 0.25) is 5.91 Å². The van der Waals surface area contributed by atoms with Crippen LogP contribution in [-0.4, -0.2) is 20.1 Å². The van der Waals surface area contributed by atoms with Crippen molar-refractivity contribution in [2.24, 2.45) is 0 Å². The molecule has 0 saturated carbocycles. The summed E-state index contributed by atoms with van der Waals surface area (Å²) in [5.74, 6) is -0.866. The topological polar surface area (TPSA) is 63.2 Å². The lowest BCUT2D eigenvalue weighted by atomic mass is 10.1. The standard InChI is InChI=1S/C18H20FNO3S/c1-13-10-14(2)12-16(11-13)20-18(21)4-3-9-24(22,23)17-7-5-15(19)6-8-17/h5-8,10-12H,3-4,9H2,1-2H3,(H,20,21). The lowest BCUT2D eigenvalue weighted by Crippen LogP contribution is -2.14. The van der Waals surface area contributed by atoms with E-state index in [1.54, 1.807) is 0 Å². The Kier molecular flexibility index (Phi) is 5.72. The Bertz CT molecular complexity index is 810. The minimum absolute atomic E-state index is 0.0682. The molecule has 2 aromatic carbocycles. The molecule has 2 rings (SSSR count). The van der Waals surface area contributed by atoms with Gasteiger partial charge in [-0.05, 0) is 67.8 Å². The van der Waals surface area contributed by atoms with Gasteiger partial charge in [0.15, 0.2) is 9.84 Å². The lowest BCUT2D eigenvalue weighted by molar-refractivity contribution is -0.116. The molecule has 24 heavy (non-hydrogen) atoms. The molecule has 0 unspecified atom stereocenters. The number of rotatable bonds is 6. The Morgan fingerprint density at radius 3 is 2.21 bits per heavy atom. The van der Waals surface area contributed by atoms with Crippen LogP contribution in [0.2, 0.25) is 0 Å². The summed E-state index contributed by atoms with van der Waals surface area (Å²) in [7, 11) is -3.51. The Labute approximate surface area is 141 Å². The summed E-state index contributed by atoms with van der Waals surface area (Å²) in [5, 5.41) is 2.77. The summed E-state index contributed by atoms with van der Waals surface area (Å²) in [4.78, 5) is 12.0. The van der Waals surface area contributed by atoms with Gasteiger partial charge < -0.3 is 5.32 Å². The van der Waals surface area contributed by atoms with Crippen LogP contribution >= 0.6 is 0 Å². The number of anilines is 1. The maximum Gasteiger partial charge on any atom is 0.224 e. The van der Waals surface area contributed by atoms with Crippen molar-refractivity contribution < 1.29 is 17.6 Å². The van der Waals surface area contributed by atoms with Gasteiger partial charge in [0.25, 0.3) is 0 Å². The van der Waals surface area contributed by atoms with Gasteiger partial charge in [-0.1, -0.05) is 6.07 Å². The van der Waals surface area contributed by atoms with E-state index in [-0.39, 0.29) is 29.4 Å². The molecule has 0 aliphatic carbocycles. The molecular weight excluding hydrogens is 329 g/mol. The molecular formula is C18H20FNO3S. The van der Waals surface area contributed by atoms with Crippen LogP contribution in [0.4, 0.5) is 10.1 Å². The quantitative estimate of drug-likeness (QED) is 0.810. The highest BCUT2D eigenvalue weighted by Gasteiger charge is 2.15. The second-order valence-electron chi connectivity index (χ2n) is 5.80. The van der Waals surface area contributed by atoms with Crippen molar-refractivity contribution in [3.63, 3.8) is 0 Å². The number of nitrogens with one attached hydrogen (secondary N) is 1. The highest BCUT2D eigenvalue weighted by molar-refractivity contribution is 7.91. The van der Waals surface area contributed by atoms with Gasteiger partial charge in [0.1, 0.15) is 5.82 Å². The van der Waals surface area contributed by atoms with Crippen molar-refractivity contribution in [1.29, 1.82) is 0 Å². The minimum Gasteiger partial charge on any atom is -0.326 e. The van der Waals surface area contributed by atoms with E-state index in [1.165, 1.54) is 12.1 Å². The van der Waals surface area contributed by atoms with Crippen molar-refractivity contribution in [2.75, 3.05) is 11.1 Å². The number of carbonyl (C=O) groups is 1. The van der Waals surface area contributed by atoms with Gasteiger partial charge in [0, 0.05) is 12.1 Å². The molecule has 0 aromatic heterocycles. The molecule has 0 spiro atoms. The summed E-state index contributed by atoms with van der Waals surface area (Å²) in [6.45, 7) is 3.88. The Balaban J connectivity index is 1.89. The summed E-state index contributed by atoms with van der Waals surface area (Å²) in [5.41, 5.74) is 2.80. The number of benzene rings is 2. The molecule has 0 saturated heterocycles. The molecule has 0 heterocycles.